The number of amides is 1. The standard InChI is InChI=1S/C41H80NO11P/c1-4-6-8-10-12-14-16-18-20-22-24-26-28-30-39(43)50-36-38(37-52-54(46,47)51-33-32-42-41(45)49-35-34-48-3)53-40(44)31-29-27-25-23-21-19-17-15-13-11-9-7-5-2/h38H,4-37H2,1-3H3,(H,42,45)(H,46,47)/t38-/m1/s1. The van der Waals surface area contributed by atoms with Crippen LogP contribution in [-0.4, -0.2) is 75.7 Å². The van der Waals surface area contributed by atoms with Crippen LogP contribution in [0.2, 0.25) is 0 Å². The molecule has 12 nitrogen and oxygen atoms in total. The summed E-state index contributed by atoms with van der Waals surface area (Å²) in [5.41, 5.74) is 0. The number of phosphoric ester groups is 1. The second kappa shape index (κ2) is 39.5. The van der Waals surface area contributed by atoms with Gasteiger partial charge in [-0.1, -0.05) is 168 Å². The average Bonchev–Trinajstić information content (AvgIpc) is 3.15. The van der Waals surface area contributed by atoms with Crippen LogP contribution < -0.4 is 5.32 Å². The highest BCUT2D eigenvalue weighted by Crippen LogP contribution is 2.43. The number of nitrogens with one attached hydrogen (secondary N) is 1. The van der Waals surface area contributed by atoms with E-state index in [1.807, 2.05) is 0 Å². The van der Waals surface area contributed by atoms with Crippen LogP contribution in [-0.2, 0) is 42.1 Å². The first kappa shape index (κ1) is 52.3. The monoisotopic (exact) mass is 794 g/mol. The molecule has 0 aromatic carbocycles. The molecule has 0 radical (unpaired) electrons. The highest BCUT2D eigenvalue weighted by molar-refractivity contribution is 7.47. The van der Waals surface area contributed by atoms with Gasteiger partial charge in [0.1, 0.15) is 13.2 Å². The Morgan fingerprint density at radius 2 is 0.963 bits per heavy atom. The molecule has 0 fully saturated rings. The molecule has 54 heavy (non-hydrogen) atoms. The van der Waals surface area contributed by atoms with Crippen molar-refractivity contribution in [2.24, 2.45) is 0 Å². The third-order valence-electron chi connectivity index (χ3n) is 9.27. The minimum absolute atomic E-state index is 0.0637. The maximum absolute atomic E-state index is 12.7. The largest absolute Gasteiger partial charge is 0.472 e. The first-order valence-electron chi connectivity index (χ1n) is 21.6. The molecule has 2 atom stereocenters. The van der Waals surface area contributed by atoms with Gasteiger partial charge in [0.05, 0.1) is 19.8 Å². The SMILES string of the molecule is CCCCCCCCCCCCCCCC(=O)OC[C@H](COP(=O)(O)OCCNC(=O)OCCOC)OC(=O)CCCCCCCCCCCCCCC. The Balaban J connectivity index is 4.48. The van der Waals surface area contributed by atoms with Gasteiger partial charge in [-0.05, 0) is 12.8 Å². The maximum atomic E-state index is 12.7. The summed E-state index contributed by atoms with van der Waals surface area (Å²) in [6.45, 7) is 3.55. The smallest absolute Gasteiger partial charge is 0.462 e. The highest BCUT2D eigenvalue weighted by Gasteiger charge is 2.26. The lowest BCUT2D eigenvalue weighted by Crippen LogP contribution is -2.30. The molecular weight excluding hydrogens is 713 g/mol. The summed E-state index contributed by atoms with van der Waals surface area (Å²) in [5, 5.41) is 2.38. The van der Waals surface area contributed by atoms with Crippen molar-refractivity contribution in [2.45, 2.75) is 200 Å². The fourth-order valence-electron chi connectivity index (χ4n) is 5.99. The molecule has 0 heterocycles. The number of alkyl carbamates (subject to hydrolysis) is 1. The molecule has 0 bridgehead atoms. The first-order chi connectivity index (χ1) is 26.2. The number of hydrogen-bond donors (Lipinski definition) is 2. The Morgan fingerprint density at radius 3 is 1.41 bits per heavy atom. The van der Waals surface area contributed by atoms with Gasteiger partial charge in [0.15, 0.2) is 6.10 Å². The Hall–Kier alpha value is -1.72. The van der Waals surface area contributed by atoms with Gasteiger partial charge in [-0.25, -0.2) is 9.36 Å². The zero-order valence-corrected chi connectivity index (χ0v) is 35.5. The van der Waals surface area contributed by atoms with Crippen molar-refractivity contribution in [1.82, 2.24) is 5.32 Å². The topological polar surface area (TPSA) is 156 Å². The van der Waals surface area contributed by atoms with E-state index in [-0.39, 0.29) is 45.8 Å². The quantitative estimate of drug-likeness (QED) is 0.0263. The average molecular weight is 794 g/mol. The van der Waals surface area contributed by atoms with E-state index in [0.29, 0.717) is 12.8 Å². The van der Waals surface area contributed by atoms with Crippen LogP contribution in [0.15, 0.2) is 0 Å². The number of ether oxygens (including phenoxy) is 4. The summed E-state index contributed by atoms with van der Waals surface area (Å²) in [6, 6.07) is 0. The molecule has 320 valence electrons. The number of hydrogen-bond acceptors (Lipinski definition) is 10. The number of carbonyl (C=O) groups is 3. The first-order valence-corrected chi connectivity index (χ1v) is 23.1. The molecule has 0 aliphatic rings. The van der Waals surface area contributed by atoms with Crippen molar-refractivity contribution in [2.75, 3.05) is 46.7 Å². The van der Waals surface area contributed by atoms with E-state index in [4.69, 9.17) is 28.0 Å². The molecule has 0 saturated carbocycles. The van der Waals surface area contributed by atoms with Crippen molar-refractivity contribution >= 4 is 25.9 Å². The van der Waals surface area contributed by atoms with Crippen LogP contribution in [0.5, 0.6) is 0 Å². The molecule has 0 aliphatic carbocycles. The van der Waals surface area contributed by atoms with Gasteiger partial charge in [0.25, 0.3) is 0 Å². The lowest BCUT2D eigenvalue weighted by atomic mass is 10.0. The van der Waals surface area contributed by atoms with E-state index in [1.165, 1.54) is 123 Å². The molecule has 0 aromatic rings. The molecule has 1 unspecified atom stereocenters. The summed E-state index contributed by atoms with van der Waals surface area (Å²) < 4.78 is 43.0. The zero-order chi connectivity index (χ0) is 39.8. The number of phosphoric acid groups is 1. The third kappa shape index (κ3) is 38.6. The van der Waals surface area contributed by atoms with Gasteiger partial charge in [-0.3, -0.25) is 18.6 Å². The van der Waals surface area contributed by atoms with Crippen LogP contribution >= 0.6 is 7.82 Å². The Labute approximate surface area is 328 Å². The van der Waals surface area contributed by atoms with Crippen LogP contribution in [0.4, 0.5) is 4.79 Å². The second-order valence-electron chi connectivity index (χ2n) is 14.4. The minimum atomic E-state index is -4.56. The fraction of sp³-hybridized carbons (Fsp3) is 0.927. The molecule has 0 aliphatic heterocycles. The number of esters is 2. The summed E-state index contributed by atoms with van der Waals surface area (Å²) in [5.74, 6) is -0.897. The Bertz CT molecular complexity index is 924. The van der Waals surface area contributed by atoms with Crippen molar-refractivity contribution in [3.05, 3.63) is 0 Å². The van der Waals surface area contributed by atoms with Crippen LogP contribution in [0.1, 0.15) is 194 Å². The second-order valence-corrected chi connectivity index (χ2v) is 15.9. The van der Waals surface area contributed by atoms with Gasteiger partial charge >= 0.3 is 25.9 Å². The lowest BCUT2D eigenvalue weighted by molar-refractivity contribution is -0.161. The molecule has 13 heteroatoms. The Kier molecular flexibility index (Phi) is 38.3. The van der Waals surface area contributed by atoms with E-state index >= 15 is 0 Å². The summed E-state index contributed by atoms with van der Waals surface area (Å²) >= 11 is 0. The number of unbranched alkanes of at least 4 members (excludes halogenated alkanes) is 24. The fourth-order valence-corrected chi connectivity index (χ4v) is 6.74. The number of carbonyl (C=O) groups excluding carboxylic acids is 3. The van der Waals surface area contributed by atoms with E-state index in [2.05, 4.69) is 19.2 Å². The molecular formula is C41H80NO11P. The van der Waals surface area contributed by atoms with Crippen molar-refractivity contribution in [3.63, 3.8) is 0 Å². The van der Waals surface area contributed by atoms with Gasteiger partial charge in [0, 0.05) is 26.5 Å². The molecule has 0 rings (SSSR count). The predicted molar refractivity (Wildman–Crippen MR) is 214 cm³/mol. The van der Waals surface area contributed by atoms with E-state index in [1.54, 1.807) is 0 Å². The molecule has 0 saturated heterocycles. The van der Waals surface area contributed by atoms with E-state index < -0.39 is 38.6 Å². The number of rotatable bonds is 41. The molecule has 1 amide bonds. The third-order valence-corrected chi connectivity index (χ3v) is 10.3. The molecule has 0 spiro atoms. The zero-order valence-electron chi connectivity index (χ0n) is 34.6. The summed E-state index contributed by atoms with van der Waals surface area (Å²) in [7, 11) is -3.09. The number of methoxy groups -OCH3 is 1. The van der Waals surface area contributed by atoms with E-state index in [9.17, 15) is 23.8 Å². The van der Waals surface area contributed by atoms with E-state index in [0.717, 1.165) is 38.5 Å². The minimum Gasteiger partial charge on any atom is -0.462 e. The predicted octanol–water partition coefficient (Wildman–Crippen LogP) is 10.9. The van der Waals surface area contributed by atoms with Crippen LogP contribution in [0, 0.1) is 0 Å². The Morgan fingerprint density at radius 1 is 0.537 bits per heavy atom. The van der Waals surface area contributed by atoms with Crippen LogP contribution in [0.25, 0.3) is 0 Å². The highest BCUT2D eigenvalue weighted by atomic mass is 31.2. The van der Waals surface area contributed by atoms with Gasteiger partial charge in [-0.2, -0.15) is 0 Å². The van der Waals surface area contributed by atoms with Crippen LogP contribution in [0.3, 0.4) is 0 Å². The van der Waals surface area contributed by atoms with Crippen molar-refractivity contribution < 1.29 is 51.8 Å². The lowest BCUT2D eigenvalue weighted by Gasteiger charge is -2.20. The van der Waals surface area contributed by atoms with Gasteiger partial charge in [0.2, 0.25) is 0 Å². The van der Waals surface area contributed by atoms with Gasteiger partial charge < -0.3 is 29.2 Å². The molecule has 0 aromatic heterocycles. The normalized spacial score (nSPS) is 13.0. The maximum Gasteiger partial charge on any atom is 0.472 e. The summed E-state index contributed by atoms with van der Waals surface area (Å²) in [4.78, 5) is 46.9. The van der Waals surface area contributed by atoms with Gasteiger partial charge in [-0.15, -0.1) is 0 Å². The molecule has 2 N–H and O–H groups in total. The van der Waals surface area contributed by atoms with Crippen molar-refractivity contribution in [1.29, 1.82) is 0 Å². The van der Waals surface area contributed by atoms with Crippen molar-refractivity contribution in [3.8, 4) is 0 Å². The summed E-state index contributed by atoms with van der Waals surface area (Å²) in [6.07, 6.45) is 29.8.